The lowest BCUT2D eigenvalue weighted by Gasteiger charge is -2.20. The summed E-state index contributed by atoms with van der Waals surface area (Å²) in [6, 6.07) is 8.53. The molecule has 0 atom stereocenters. The second kappa shape index (κ2) is 9.42. The van der Waals surface area contributed by atoms with Gasteiger partial charge in [0.05, 0.1) is 5.75 Å². The van der Waals surface area contributed by atoms with E-state index < -0.39 is 0 Å². The molecule has 0 radical (unpaired) electrons. The highest BCUT2D eigenvalue weighted by molar-refractivity contribution is 8.00. The van der Waals surface area contributed by atoms with Crippen LogP contribution in [-0.2, 0) is 4.79 Å². The molecule has 2 nitrogen and oxygen atoms in total. The summed E-state index contributed by atoms with van der Waals surface area (Å²) in [7, 11) is 0. The molecule has 1 aromatic carbocycles. The Hall–Kier alpha value is -0.610. The van der Waals surface area contributed by atoms with E-state index in [0.29, 0.717) is 11.0 Å². The molecule has 1 amide bonds. The van der Waals surface area contributed by atoms with Crippen LogP contribution < -0.4 is 5.32 Å². The van der Waals surface area contributed by atoms with E-state index in [1.54, 1.807) is 11.8 Å². The van der Waals surface area contributed by atoms with E-state index in [1.165, 1.54) is 42.6 Å². The third kappa shape index (κ3) is 6.79. The van der Waals surface area contributed by atoms with Crippen molar-refractivity contribution in [3.63, 3.8) is 0 Å². The van der Waals surface area contributed by atoms with Gasteiger partial charge in [0.1, 0.15) is 0 Å². The standard InChI is InChI=1S/C17H25NOS2/c1-14-7-9-16(10-8-14)20-12-11-18-17(19)13-21-15-5-3-2-4-6-15/h7-10,15H,2-6,11-13H2,1H3,(H,18,19). The molecule has 116 valence electrons. The Morgan fingerprint density at radius 2 is 1.90 bits per heavy atom. The van der Waals surface area contributed by atoms with Crippen molar-refractivity contribution in [3.8, 4) is 0 Å². The zero-order valence-corrected chi connectivity index (χ0v) is 14.4. The van der Waals surface area contributed by atoms with Crippen LogP contribution in [0.2, 0.25) is 0 Å². The third-order valence-corrected chi connectivity index (χ3v) is 6.10. The number of carbonyl (C=O) groups excluding carboxylic acids is 1. The van der Waals surface area contributed by atoms with Gasteiger partial charge in [-0.1, -0.05) is 37.0 Å². The molecule has 1 aliphatic carbocycles. The zero-order chi connectivity index (χ0) is 14.9. The van der Waals surface area contributed by atoms with Crippen molar-refractivity contribution in [1.82, 2.24) is 5.32 Å². The number of thioether (sulfide) groups is 2. The Morgan fingerprint density at radius 3 is 2.62 bits per heavy atom. The van der Waals surface area contributed by atoms with Crippen molar-refractivity contribution in [1.29, 1.82) is 0 Å². The van der Waals surface area contributed by atoms with Gasteiger partial charge in [-0.3, -0.25) is 4.79 Å². The molecule has 4 heteroatoms. The molecule has 0 aromatic heterocycles. The Balaban J connectivity index is 1.53. The Labute approximate surface area is 136 Å². The fraction of sp³-hybridized carbons (Fsp3) is 0.588. The van der Waals surface area contributed by atoms with Gasteiger partial charge in [-0.2, -0.15) is 0 Å². The lowest BCUT2D eigenvalue weighted by Crippen LogP contribution is -2.28. The minimum absolute atomic E-state index is 0.190. The summed E-state index contributed by atoms with van der Waals surface area (Å²) in [5.41, 5.74) is 1.28. The molecule has 21 heavy (non-hydrogen) atoms. The van der Waals surface area contributed by atoms with Crippen molar-refractivity contribution < 1.29 is 4.79 Å². The molecular weight excluding hydrogens is 298 g/mol. The van der Waals surface area contributed by atoms with Gasteiger partial charge < -0.3 is 5.32 Å². The van der Waals surface area contributed by atoms with Crippen LogP contribution in [0.15, 0.2) is 29.2 Å². The summed E-state index contributed by atoms with van der Waals surface area (Å²) in [5.74, 6) is 1.75. The van der Waals surface area contributed by atoms with Crippen LogP contribution in [0.5, 0.6) is 0 Å². The number of hydrogen-bond acceptors (Lipinski definition) is 3. The SMILES string of the molecule is Cc1ccc(SCCNC(=O)CSC2CCCCC2)cc1. The number of benzene rings is 1. The highest BCUT2D eigenvalue weighted by Crippen LogP contribution is 2.27. The van der Waals surface area contributed by atoms with Crippen molar-refractivity contribution in [2.24, 2.45) is 0 Å². The minimum atomic E-state index is 0.190. The second-order valence-corrected chi connectivity index (χ2v) is 8.04. The molecule has 1 N–H and O–H groups in total. The van der Waals surface area contributed by atoms with Crippen molar-refractivity contribution >= 4 is 29.4 Å². The molecule has 1 aromatic rings. The maximum Gasteiger partial charge on any atom is 0.230 e. The summed E-state index contributed by atoms with van der Waals surface area (Å²) in [4.78, 5) is 13.1. The molecule has 0 aliphatic heterocycles. The number of rotatable bonds is 7. The van der Waals surface area contributed by atoms with Crippen LogP contribution in [0.25, 0.3) is 0 Å². The lowest BCUT2D eigenvalue weighted by atomic mass is 10.0. The van der Waals surface area contributed by atoms with Gasteiger partial charge in [-0.25, -0.2) is 0 Å². The predicted octanol–water partition coefficient (Wildman–Crippen LogP) is 4.27. The molecule has 1 fully saturated rings. The van der Waals surface area contributed by atoms with Crippen molar-refractivity contribution in [2.45, 2.75) is 49.2 Å². The second-order valence-electron chi connectivity index (χ2n) is 5.58. The average molecular weight is 324 g/mol. The molecule has 0 bridgehead atoms. The fourth-order valence-electron chi connectivity index (χ4n) is 2.47. The highest BCUT2D eigenvalue weighted by Gasteiger charge is 2.14. The van der Waals surface area contributed by atoms with E-state index in [9.17, 15) is 4.79 Å². The highest BCUT2D eigenvalue weighted by atomic mass is 32.2. The summed E-state index contributed by atoms with van der Waals surface area (Å²) in [5, 5.41) is 3.74. The van der Waals surface area contributed by atoms with Crippen LogP contribution in [0.3, 0.4) is 0 Å². The van der Waals surface area contributed by atoms with Crippen LogP contribution in [0.4, 0.5) is 0 Å². The molecule has 0 spiro atoms. The molecule has 0 unspecified atom stereocenters. The van der Waals surface area contributed by atoms with E-state index in [2.05, 4.69) is 36.5 Å². The number of nitrogens with one attached hydrogen (secondary N) is 1. The molecule has 0 heterocycles. The van der Waals surface area contributed by atoms with E-state index in [-0.39, 0.29) is 5.91 Å². The summed E-state index contributed by atoms with van der Waals surface area (Å²) in [6.07, 6.45) is 6.64. The monoisotopic (exact) mass is 323 g/mol. The topological polar surface area (TPSA) is 29.1 Å². The van der Waals surface area contributed by atoms with Crippen LogP contribution in [0.1, 0.15) is 37.7 Å². The molecule has 1 saturated carbocycles. The Bertz CT molecular complexity index is 427. The van der Waals surface area contributed by atoms with Gasteiger partial charge in [0.2, 0.25) is 5.91 Å². The number of amides is 1. The van der Waals surface area contributed by atoms with E-state index >= 15 is 0 Å². The van der Waals surface area contributed by atoms with Crippen LogP contribution in [0, 0.1) is 6.92 Å². The first-order valence-corrected chi connectivity index (χ1v) is 9.85. The minimum Gasteiger partial charge on any atom is -0.355 e. The zero-order valence-electron chi connectivity index (χ0n) is 12.8. The summed E-state index contributed by atoms with van der Waals surface area (Å²) >= 11 is 3.64. The van der Waals surface area contributed by atoms with Gasteiger partial charge in [-0.05, 0) is 31.9 Å². The van der Waals surface area contributed by atoms with E-state index in [1.807, 2.05) is 11.8 Å². The first kappa shape index (κ1) is 16.8. The quantitative estimate of drug-likeness (QED) is 0.600. The number of carbonyl (C=O) groups is 1. The number of hydrogen-bond donors (Lipinski definition) is 1. The molecule has 0 saturated heterocycles. The summed E-state index contributed by atoms with van der Waals surface area (Å²) < 4.78 is 0. The molecular formula is C17H25NOS2. The third-order valence-electron chi connectivity index (χ3n) is 3.72. The Kier molecular flexibility index (Phi) is 7.51. The van der Waals surface area contributed by atoms with Gasteiger partial charge in [0, 0.05) is 22.4 Å². The van der Waals surface area contributed by atoms with Crippen LogP contribution >= 0.6 is 23.5 Å². The van der Waals surface area contributed by atoms with Gasteiger partial charge in [0.15, 0.2) is 0 Å². The Morgan fingerprint density at radius 1 is 1.19 bits per heavy atom. The van der Waals surface area contributed by atoms with Gasteiger partial charge >= 0.3 is 0 Å². The smallest absolute Gasteiger partial charge is 0.230 e. The first-order chi connectivity index (χ1) is 10.2. The largest absolute Gasteiger partial charge is 0.355 e. The summed E-state index contributed by atoms with van der Waals surface area (Å²) in [6.45, 7) is 2.85. The van der Waals surface area contributed by atoms with Crippen LogP contribution in [-0.4, -0.2) is 29.2 Å². The first-order valence-electron chi connectivity index (χ1n) is 7.82. The van der Waals surface area contributed by atoms with Crippen molar-refractivity contribution in [3.05, 3.63) is 29.8 Å². The molecule has 1 aliphatic rings. The maximum atomic E-state index is 11.8. The maximum absolute atomic E-state index is 11.8. The fourth-order valence-corrected chi connectivity index (χ4v) is 4.39. The average Bonchev–Trinajstić information content (AvgIpc) is 2.52. The van der Waals surface area contributed by atoms with E-state index in [0.717, 1.165) is 12.3 Å². The normalized spacial score (nSPS) is 15.9. The van der Waals surface area contributed by atoms with Crippen molar-refractivity contribution in [2.75, 3.05) is 18.1 Å². The number of aryl methyl sites for hydroxylation is 1. The van der Waals surface area contributed by atoms with Gasteiger partial charge in [0.25, 0.3) is 0 Å². The molecule has 2 rings (SSSR count). The predicted molar refractivity (Wildman–Crippen MR) is 94.2 cm³/mol. The van der Waals surface area contributed by atoms with Gasteiger partial charge in [-0.15, -0.1) is 23.5 Å². The van der Waals surface area contributed by atoms with E-state index in [4.69, 9.17) is 0 Å². The lowest BCUT2D eigenvalue weighted by molar-refractivity contribution is -0.118.